The van der Waals surface area contributed by atoms with E-state index in [2.05, 4.69) is 10.6 Å². The van der Waals surface area contributed by atoms with Crippen molar-refractivity contribution in [1.29, 1.82) is 0 Å². The van der Waals surface area contributed by atoms with Gasteiger partial charge in [-0.1, -0.05) is 37.1 Å². The molecule has 0 unspecified atom stereocenters. The van der Waals surface area contributed by atoms with Crippen molar-refractivity contribution >= 4 is 39.1 Å². The number of halogens is 1. The minimum atomic E-state index is -3.80. The number of benzene rings is 2. The van der Waals surface area contributed by atoms with E-state index < -0.39 is 15.9 Å². The zero-order chi connectivity index (χ0) is 23.3. The molecule has 0 aromatic heterocycles. The van der Waals surface area contributed by atoms with Crippen LogP contribution in [-0.4, -0.2) is 43.7 Å². The molecule has 1 aliphatic rings. The second-order valence-corrected chi connectivity index (χ2v) is 10.2. The third-order valence-corrected chi connectivity index (χ3v) is 7.92. The number of hydrogen-bond acceptors (Lipinski definition) is 4. The van der Waals surface area contributed by atoms with Crippen LogP contribution in [0.3, 0.4) is 0 Å². The first kappa shape index (κ1) is 24.2. The number of carbonyl (C=O) groups is 2. The highest BCUT2D eigenvalue weighted by atomic mass is 35.5. The van der Waals surface area contributed by atoms with E-state index in [-0.39, 0.29) is 27.4 Å². The van der Waals surface area contributed by atoms with Crippen LogP contribution in [0.5, 0.6) is 0 Å². The molecule has 3 rings (SSSR count). The Morgan fingerprint density at radius 1 is 1.06 bits per heavy atom. The van der Waals surface area contributed by atoms with Gasteiger partial charge >= 0.3 is 0 Å². The van der Waals surface area contributed by atoms with Crippen LogP contribution in [-0.2, 0) is 10.0 Å². The molecular weight excluding hydrogens is 450 g/mol. The van der Waals surface area contributed by atoms with Gasteiger partial charge in [-0.05, 0) is 56.5 Å². The van der Waals surface area contributed by atoms with Crippen LogP contribution >= 0.6 is 11.6 Å². The summed E-state index contributed by atoms with van der Waals surface area (Å²) < 4.78 is 27.6. The van der Waals surface area contributed by atoms with Gasteiger partial charge < -0.3 is 10.6 Å². The first-order chi connectivity index (χ1) is 15.2. The number of carbonyl (C=O) groups excluding carboxylic acids is 2. The SMILES string of the molecule is CC[C@@H](C)NC(=O)c1ccccc1NC(=O)c1ccc(Cl)c(S(=O)(=O)N2CCCCC2)c1. The molecule has 1 fully saturated rings. The number of nitrogens with zero attached hydrogens (tertiary/aromatic N) is 1. The number of sulfonamides is 1. The summed E-state index contributed by atoms with van der Waals surface area (Å²) in [6, 6.07) is 10.8. The number of nitrogens with one attached hydrogen (secondary N) is 2. The maximum absolute atomic E-state index is 13.1. The Morgan fingerprint density at radius 2 is 1.75 bits per heavy atom. The summed E-state index contributed by atoms with van der Waals surface area (Å²) in [6.07, 6.45) is 3.37. The highest BCUT2D eigenvalue weighted by Gasteiger charge is 2.29. The zero-order valence-corrected chi connectivity index (χ0v) is 19.8. The van der Waals surface area contributed by atoms with Crippen molar-refractivity contribution < 1.29 is 18.0 Å². The van der Waals surface area contributed by atoms with Crippen molar-refractivity contribution in [2.45, 2.75) is 50.5 Å². The average molecular weight is 478 g/mol. The molecule has 172 valence electrons. The standard InChI is InChI=1S/C23H28ClN3O4S/c1-3-16(2)25-23(29)18-9-5-6-10-20(18)26-22(28)17-11-12-19(24)21(15-17)32(30,31)27-13-7-4-8-14-27/h5-6,9-12,15-16H,3-4,7-8,13-14H2,1-2H3,(H,25,29)(H,26,28)/t16-/m1/s1. The fraction of sp³-hybridized carbons (Fsp3) is 0.391. The molecule has 7 nitrogen and oxygen atoms in total. The van der Waals surface area contributed by atoms with Gasteiger partial charge in [-0.2, -0.15) is 4.31 Å². The lowest BCUT2D eigenvalue weighted by Gasteiger charge is -2.26. The third-order valence-electron chi connectivity index (χ3n) is 5.54. The molecule has 32 heavy (non-hydrogen) atoms. The Labute approximate surface area is 194 Å². The van der Waals surface area contributed by atoms with Gasteiger partial charge in [-0.15, -0.1) is 0 Å². The summed E-state index contributed by atoms with van der Waals surface area (Å²) in [5.74, 6) is -0.819. The van der Waals surface area contributed by atoms with Crippen molar-refractivity contribution in [3.8, 4) is 0 Å². The zero-order valence-electron chi connectivity index (χ0n) is 18.2. The second-order valence-electron chi connectivity index (χ2n) is 7.89. The lowest BCUT2D eigenvalue weighted by Crippen LogP contribution is -2.35. The Bertz CT molecular complexity index is 1100. The van der Waals surface area contributed by atoms with Gasteiger partial charge in [0.25, 0.3) is 11.8 Å². The maximum Gasteiger partial charge on any atom is 0.255 e. The van der Waals surface area contributed by atoms with Crippen LogP contribution < -0.4 is 10.6 Å². The van der Waals surface area contributed by atoms with Crippen molar-refractivity contribution in [3.63, 3.8) is 0 Å². The van der Waals surface area contributed by atoms with E-state index in [0.717, 1.165) is 25.7 Å². The van der Waals surface area contributed by atoms with E-state index in [4.69, 9.17) is 11.6 Å². The van der Waals surface area contributed by atoms with Gasteiger partial charge in [0.2, 0.25) is 10.0 Å². The van der Waals surface area contributed by atoms with Gasteiger partial charge in [0.1, 0.15) is 4.90 Å². The highest BCUT2D eigenvalue weighted by Crippen LogP contribution is 2.28. The van der Waals surface area contributed by atoms with Crippen LogP contribution in [0.2, 0.25) is 5.02 Å². The number of hydrogen-bond donors (Lipinski definition) is 2. The van der Waals surface area contributed by atoms with Crippen molar-refractivity contribution in [3.05, 3.63) is 58.6 Å². The molecule has 0 bridgehead atoms. The van der Waals surface area contributed by atoms with E-state index in [1.807, 2.05) is 13.8 Å². The number of piperidine rings is 1. The number of amides is 2. The Morgan fingerprint density at radius 3 is 2.44 bits per heavy atom. The molecule has 0 saturated carbocycles. The summed E-state index contributed by atoms with van der Waals surface area (Å²) in [7, 11) is -3.80. The predicted octanol–water partition coefficient (Wildman–Crippen LogP) is 4.30. The van der Waals surface area contributed by atoms with E-state index >= 15 is 0 Å². The minimum Gasteiger partial charge on any atom is -0.350 e. The monoisotopic (exact) mass is 477 g/mol. The van der Waals surface area contributed by atoms with Crippen LogP contribution in [0.15, 0.2) is 47.4 Å². The smallest absolute Gasteiger partial charge is 0.255 e. The van der Waals surface area contributed by atoms with Crippen LogP contribution in [0.25, 0.3) is 0 Å². The largest absolute Gasteiger partial charge is 0.350 e. The summed E-state index contributed by atoms with van der Waals surface area (Å²) in [4.78, 5) is 25.4. The normalized spacial score (nSPS) is 15.7. The Hall–Kier alpha value is -2.42. The van der Waals surface area contributed by atoms with E-state index in [9.17, 15) is 18.0 Å². The average Bonchev–Trinajstić information content (AvgIpc) is 2.80. The lowest BCUT2D eigenvalue weighted by molar-refractivity contribution is 0.0940. The first-order valence-electron chi connectivity index (χ1n) is 10.7. The third kappa shape index (κ3) is 5.49. The minimum absolute atomic E-state index is 0.00919. The van der Waals surface area contributed by atoms with E-state index in [0.29, 0.717) is 24.3 Å². The van der Waals surface area contributed by atoms with Crippen molar-refractivity contribution in [2.75, 3.05) is 18.4 Å². The molecule has 1 heterocycles. The van der Waals surface area contributed by atoms with Gasteiger partial charge in [0.05, 0.1) is 16.3 Å². The van der Waals surface area contributed by atoms with Crippen LogP contribution in [0.4, 0.5) is 5.69 Å². The number of anilines is 1. The maximum atomic E-state index is 13.1. The number of rotatable bonds is 7. The Balaban J connectivity index is 1.86. The topological polar surface area (TPSA) is 95.6 Å². The summed E-state index contributed by atoms with van der Waals surface area (Å²) in [5.41, 5.74) is 0.812. The molecule has 2 aromatic carbocycles. The number of para-hydroxylation sites is 1. The predicted molar refractivity (Wildman–Crippen MR) is 126 cm³/mol. The molecular formula is C23H28ClN3O4S. The molecule has 2 N–H and O–H groups in total. The van der Waals surface area contributed by atoms with Gasteiger partial charge in [-0.25, -0.2) is 8.42 Å². The van der Waals surface area contributed by atoms with E-state index in [1.54, 1.807) is 24.3 Å². The molecule has 0 spiro atoms. The Kier molecular flexibility index (Phi) is 7.92. The summed E-state index contributed by atoms with van der Waals surface area (Å²) >= 11 is 6.20. The molecule has 2 amide bonds. The molecule has 0 aliphatic carbocycles. The van der Waals surface area contributed by atoms with Gasteiger partial charge in [0.15, 0.2) is 0 Å². The van der Waals surface area contributed by atoms with Crippen LogP contribution in [0.1, 0.15) is 60.2 Å². The summed E-state index contributed by atoms with van der Waals surface area (Å²) in [6.45, 7) is 4.74. The van der Waals surface area contributed by atoms with E-state index in [1.165, 1.54) is 22.5 Å². The van der Waals surface area contributed by atoms with Crippen LogP contribution in [0, 0.1) is 0 Å². The fourth-order valence-electron chi connectivity index (χ4n) is 3.47. The van der Waals surface area contributed by atoms with Crippen molar-refractivity contribution in [1.82, 2.24) is 9.62 Å². The molecule has 9 heteroatoms. The molecule has 2 aromatic rings. The van der Waals surface area contributed by atoms with Gasteiger partial charge in [0, 0.05) is 24.7 Å². The summed E-state index contributed by atoms with van der Waals surface area (Å²) in [5, 5.41) is 5.67. The molecule has 0 radical (unpaired) electrons. The molecule has 1 aliphatic heterocycles. The first-order valence-corrected chi connectivity index (χ1v) is 12.6. The van der Waals surface area contributed by atoms with Gasteiger partial charge in [-0.3, -0.25) is 9.59 Å². The molecule has 1 atom stereocenters. The second kappa shape index (κ2) is 10.5. The molecule has 1 saturated heterocycles. The van der Waals surface area contributed by atoms with Crippen molar-refractivity contribution in [2.24, 2.45) is 0 Å². The highest BCUT2D eigenvalue weighted by molar-refractivity contribution is 7.89. The lowest BCUT2D eigenvalue weighted by atomic mass is 10.1. The quantitative estimate of drug-likeness (QED) is 0.621. The fourth-order valence-corrected chi connectivity index (χ4v) is 5.49.